The zero-order chi connectivity index (χ0) is 16.8. The third-order valence-electron chi connectivity index (χ3n) is 3.31. The monoisotopic (exact) mass is 343 g/mol. The Morgan fingerprint density at radius 3 is 2.88 bits per heavy atom. The number of nitrogens with one attached hydrogen (secondary N) is 1. The molecule has 1 aliphatic rings. The topological polar surface area (TPSA) is 76.2 Å². The van der Waals surface area contributed by atoms with Gasteiger partial charge in [0.1, 0.15) is 11.5 Å². The first-order chi connectivity index (χ1) is 11.7. The first kappa shape index (κ1) is 16.3. The van der Waals surface area contributed by atoms with Gasteiger partial charge in [-0.1, -0.05) is 23.9 Å². The summed E-state index contributed by atoms with van der Waals surface area (Å²) in [5, 5.41) is 11.0. The highest BCUT2D eigenvalue weighted by Gasteiger charge is 2.30. The first-order valence-corrected chi connectivity index (χ1v) is 8.46. The van der Waals surface area contributed by atoms with Crippen LogP contribution in [0.5, 0.6) is 5.75 Å². The number of benzene rings is 1. The van der Waals surface area contributed by atoms with Gasteiger partial charge in [0.15, 0.2) is 5.17 Å². The third-order valence-corrected chi connectivity index (χ3v) is 4.38. The molecular formula is C17H17N3O3S. The number of furan rings is 1. The minimum Gasteiger partial charge on any atom is -0.494 e. The molecule has 0 unspecified atom stereocenters. The lowest BCUT2D eigenvalue weighted by Gasteiger charge is -2.07. The van der Waals surface area contributed by atoms with E-state index in [1.165, 1.54) is 18.0 Å². The van der Waals surface area contributed by atoms with E-state index in [0.717, 1.165) is 11.3 Å². The van der Waals surface area contributed by atoms with Gasteiger partial charge in [-0.25, -0.2) is 0 Å². The fourth-order valence-corrected chi connectivity index (χ4v) is 3.16. The molecule has 1 aliphatic heterocycles. The van der Waals surface area contributed by atoms with E-state index in [4.69, 9.17) is 9.15 Å². The van der Waals surface area contributed by atoms with Gasteiger partial charge >= 0.3 is 0 Å². The fourth-order valence-electron chi connectivity index (χ4n) is 2.19. The Balaban J connectivity index is 1.58. The number of thioether (sulfide) groups is 1. The average molecular weight is 343 g/mol. The predicted molar refractivity (Wildman–Crippen MR) is 94.6 cm³/mol. The van der Waals surface area contributed by atoms with Crippen LogP contribution in [0.25, 0.3) is 0 Å². The van der Waals surface area contributed by atoms with Gasteiger partial charge < -0.3 is 14.5 Å². The summed E-state index contributed by atoms with van der Waals surface area (Å²) in [4.78, 5) is 12.0. The highest BCUT2D eigenvalue weighted by atomic mass is 32.2. The molecule has 0 saturated carbocycles. The molecule has 7 heteroatoms. The SMILES string of the molecule is CCOc1ccc(C[C@H]2S/C(=N\N=C/c3ccco3)NC2=O)cc1. The van der Waals surface area contributed by atoms with Crippen LogP contribution in [0, 0.1) is 0 Å². The van der Waals surface area contributed by atoms with E-state index in [2.05, 4.69) is 15.5 Å². The van der Waals surface area contributed by atoms with Crippen LogP contribution >= 0.6 is 11.8 Å². The maximum Gasteiger partial charge on any atom is 0.239 e. The predicted octanol–water partition coefficient (Wildman–Crippen LogP) is 2.84. The van der Waals surface area contributed by atoms with Gasteiger partial charge in [0.2, 0.25) is 5.91 Å². The molecule has 0 radical (unpaired) electrons. The highest BCUT2D eigenvalue weighted by Crippen LogP contribution is 2.24. The van der Waals surface area contributed by atoms with Crippen molar-refractivity contribution in [3.63, 3.8) is 0 Å². The van der Waals surface area contributed by atoms with Crippen molar-refractivity contribution in [2.24, 2.45) is 10.2 Å². The van der Waals surface area contributed by atoms with Crippen LogP contribution in [-0.2, 0) is 11.2 Å². The zero-order valence-electron chi connectivity index (χ0n) is 13.1. The molecule has 124 valence electrons. The minimum absolute atomic E-state index is 0.0548. The Bertz CT molecular complexity index is 739. The second kappa shape index (κ2) is 7.83. The maximum absolute atomic E-state index is 12.0. The Kier molecular flexibility index (Phi) is 5.32. The maximum atomic E-state index is 12.0. The highest BCUT2D eigenvalue weighted by molar-refractivity contribution is 8.15. The Morgan fingerprint density at radius 2 is 2.17 bits per heavy atom. The first-order valence-electron chi connectivity index (χ1n) is 7.58. The summed E-state index contributed by atoms with van der Waals surface area (Å²) in [6.45, 7) is 2.58. The molecule has 1 aromatic carbocycles. The number of carbonyl (C=O) groups excluding carboxylic acids is 1. The van der Waals surface area contributed by atoms with E-state index in [1.54, 1.807) is 18.4 Å². The fraction of sp³-hybridized carbons (Fsp3) is 0.235. The van der Waals surface area contributed by atoms with Gasteiger partial charge in [0, 0.05) is 0 Å². The molecular weight excluding hydrogens is 326 g/mol. The van der Waals surface area contributed by atoms with E-state index < -0.39 is 0 Å². The second-order valence-corrected chi connectivity index (χ2v) is 6.23. The van der Waals surface area contributed by atoms with Crippen LogP contribution in [0.3, 0.4) is 0 Å². The van der Waals surface area contributed by atoms with Crippen molar-refractivity contribution in [1.29, 1.82) is 0 Å². The Labute approximate surface area is 144 Å². The van der Waals surface area contributed by atoms with E-state index in [9.17, 15) is 4.79 Å². The molecule has 0 aliphatic carbocycles. The number of amides is 1. The molecule has 1 saturated heterocycles. The average Bonchev–Trinajstić information content (AvgIpc) is 3.20. The molecule has 2 heterocycles. The van der Waals surface area contributed by atoms with Crippen molar-refractivity contribution in [2.75, 3.05) is 6.61 Å². The smallest absolute Gasteiger partial charge is 0.239 e. The summed E-state index contributed by atoms with van der Waals surface area (Å²) >= 11 is 1.38. The summed E-state index contributed by atoms with van der Waals surface area (Å²) in [7, 11) is 0. The van der Waals surface area contributed by atoms with Gasteiger partial charge in [0.25, 0.3) is 0 Å². The van der Waals surface area contributed by atoms with Crippen LogP contribution in [0.15, 0.2) is 57.3 Å². The molecule has 0 spiro atoms. The van der Waals surface area contributed by atoms with Crippen molar-refractivity contribution in [3.8, 4) is 5.75 Å². The molecule has 3 rings (SSSR count). The number of hydrogen-bond acceptors (Lipinski definition) is 6. The summed E-state index contributed by atoms with van der Waals surface area (Å²) in [5.41, 5.74) is 1.08. The molecule has 1 fully saturated rings. The van der Waals surface area contributed by atoms with Gasteiger partial charge in [-0.15, -0.1) is 5.10 Å². The summed E-state index contributed by atoms with van der Waals surface area (Å²) in [5.74, 6) is 1.39. The Hall–Kier alpha value is -2.54. The van der Waals surface area contributed by atoms with Crippen LogP contribution in [-0.4, -0.2) is 29.1 Å². The van der Waals surface area contributed by atoms with Gasteiger partial charge in [0.05, 0.1) is 24.3 Å². The van der Waals surface area contributed by atoms with Gasteiger partial charge in [-0.3, -0.25) is 4.79 Å². The lowest BCUT2D eigenvalue weighted by atomic mass is 10.1. The molecule has 1 atom stereocenters. The summed E-state index contributed by atoms with van der Waals surface area (Å²) in [6, 6.07) is 11.3. The van der Waals surface area contributed by atoms with Gasteiger partial charge in [-0.05, 0) is 43.2 Å². The van der Waals surface area contributed by atoms with Crippen LogP contribution in [0.4, 0.5) is 0 Å². The van der Waals surface area contributed by atoms with Crippen molar-refractivity contribution >= 4 is 29.1 Å². The van der Waals surface area contributed by atoms with Gasteiger partial charge in [-0.2, -0.15) is 5.10 Å². The quantitative estimate of drug-likeness (QED) is 0.646. The molecule has 1 N–H and O–H groups in total. The molecule has 0 bridgehead atoms. The lowest BCUT2D eigenvalue weighted by molar-refractivity contribution is -0.118. The normalized spacial score (nSPS) is 19.1. The van der Waals surface area contributed by atoms with Crippen LogP contribution < -0.4 is 10.1 Å². The van der Waals surface area contributed by atoms with Crippen molar-refractivity contribution in [2.45, 2.75) is 18.6 Å². The van der Waals surface area contributed by atoms with E-state index in [0.29, 0.717) is 24.0 Å². The molecule has 1 amide bonds. The largest absolute Gasteiger partial charge is 0.494 e. The van der Waals surface area contributed by atoms with Crippen LogP contribution in [0.2, 0.25) is 0 Å². The number of ether oxygens (including phenoxy) is 1. The third kappa shape index (κ3) is 4.26. The number of hydrogen-bond donors (Lipinski definition) is 1. The van der Waals surface area contributed by atoms with E-state index in [-0.39, 0.29) is 11.2 Å². The molecule has 2 aromatic rings. The summed E-state index contributed by atoms with van der Waals surface area (Å²) < 4.78 is 10.5. The summed E-state index contributed by atoms with van der Waals surface area (Å²) in [6.07, 6.45) is 3.69. The van der Waals surface area contributed by atoms with E-state index >= 15 is 0 Å². The van der Waals surface area contributed by atoms with Crippen LogP contribution in [0.1, 0.15) is 18.2 Å². The van der Waals surface area contributed by atoms with Crippen molar-refractivity contribution in [3.05, 3.63) is 54.0 Å². The van der Waals surface area contributed by atoms with E-state index in [1.807, 2.05) is 31.2 Å². The van der Waals surface area contributed by atoms with Crippen molar-refractivity contribution in [1.82, 2.24) is 5.32 Å². The molecule has 1 aromatic heterocycles. The molecule has 6 nitrogen and oxygen atoms in total. The number of nitrogens with zero attached hydrogens (tertiary/aromatic N) is 2. The molecule has 24 heavy (non-hydrogen) atoms. The Morgan fingerprint density at radius 1 is 1.33 bits per heavy atom. The standard InChI is InChI=1S/C17H17N3O3S/c1-2-22-13-7-5-12(6-8-13)10-15-16(21)19-17(24-15)20-18-11-14-4-3-9-23-14/h3-9,11,15H,2,10H2,1H3,(H,19,20,21)/b18-11-/t15-/m1/s1. The minimum atomic E-state index is -0.208. The number of carbonyl (C=O) groups is 1. The lowest BCUT2D eigenvalue weighted by Crippen LogP contribution is -2.25. The van der Waals surface area contributed by atoms with Crippen molar-refractivity contribution < 1.29 is 13.9 Å². The second-order valence-electron chi connectivity index (χ2n) is 5.04. The zero-order valence-corrected chi connectivity index (χ0v) is 14.0. The number of rotatable bonds is 6. The number of amidine groups is 1.